The number of anilines is 1. The van der Waals surface area contributed by atoms with Crippen molar-refractivity contribution in [1.82, 2.24) is 20.2 Å². The molecule has 1 aliphatic heterocycles. The number of ether oxygens (including phenoxy) is 2. The smallest absolute Gasteiger partial charge is 0.407 e. The van der Waals surface area contributed by atoms with Gasteiger partial charge in [0.2, 0.25) is 5.91 Å². The molecule has 42 heavy (non-hydrogen) atoms. The van der Waals surface area contributed by atoms with Gasteiger partial charge in [-0.25, -0.2) is 9.59 Å². The third-order valence-electron chi connectivity index (χ3n) is 5.89. The molecule has 2 amide bonds. The Labute approximate surface area is 253 Å². The van der Waals surface area contributed by atoms with E-state index in [1.807, 2.05) is 0 Å². The lowest BCUT2D eigenvalue weighted by Crippen LogP contribution is -2.35. The minimum Gasteiger partial charge on any atom is -0.446 e. The zero-order valence-electron chi connectivity index (χ0n) is 24.5. The first-order valence-electron chi connectivity index (χ1n) is 14.5. The maximum Gasteiger partial charge on any atom is 0.407 e. The van der Waals surface area contributed by atoms with E-state index in [1.54, 1.807) is 0 Å². The van der Waals surface area contributed by atoms with Gasteiger partial charge >= 0.3 is 11.8 Å². The number of amides is 2. The molecule has 0 bridgehead atoms. The first kappa shape index (κ1) is 34.6. The van der Waals surface area contributed by atoms with Gasteiger partial charge < -0.3 is 25.8 Å². The highest BCUT2D eigenvalue weighted by molar-refractivity contribution is 8.00. The van der Waals surface area contributed by atoms with E-state index in [4.69, 9.17) is 15.2 Å². The SMILES string of the molecule is CCC=CCC=CCC=CCC=CCC=CCCCC(=O)NCCNC(=O)OCC1OC(n2ccc(N)nc2=O)CS1. The number of alkyl carbamates (subject to hydrolysis) is 1. The molecule has 1 aromatic rings. The number of aromatic nitrogens is 2. The van der Waals surface area contributed by atoms with Gasteiger partial charge in [0, 0.05) is 31.5 Å². The number of hydrogen-bond donors (Lipinski definition) is 3. The number of hydrogen-bond acceptors (Lipinski definition) is 8. The number of nitrogen functional groups attached to an aromatic ring is 1. The summed E-state index contributed by atoms with van der Waals surface area (Å²) in [5.74, 6) is 0.622. The number of nitrogens with zero attached hydrogens (tertiary/aromatic N) is 2. The number of allylic oxidation sites excluding steroid dienone is 10. The van der Waals surface area contributed by atoms with Crippen LogP contribution in [0.1, 0.15) is 64.5 Å². The molecular weight excluding hydrogens is 554 g/mol. The number of thioether (sulfide) groups is 1. The summed E-state index contributed by atoms with van der Waals surface area (Å²) >= 11 is 1.44. The lowest BCUT2D eigenvalue weighted by Gasteiger charge is -2.15. The van der Waals surface area contributed by atoms with E-state index < -0.39 is 23.4 Å². The fraction of sp³-hybridized carbons (Fsp3) is 0.484. The molecule has 4 N–H and O–H groups in total. The molecule has 0 aromatic carbocycles. The number of nitrogens with two attached hydrogens (primary N) is 1. The van der Waals surface area contributed by atoms with Gasteiger partial charge in [-0.15, -0.1) is 11.8 Å². The summed E-state index contributed by atoms with van der Waals surface area (Å²) in [5, 5.41) is 5.39. The van der Waals surface area contributed by atoms with E-state index in [1.165, 1.54) is 28.6 Å². The van der Waals surface area contributed by atoms with Crippen LogP contribution in [0.4, 0.5) is 10.6 Å². The second-order valence-corrected chi connectivity index (χ2v) is 10.6. The average molecular weight is 600 g/mol. The Morgan fingerprint density at radius 2 is 1.64 bits per heavy atom. The lowest BCUT2D eigenvalue weighted by atomic mass is 10.2. The highest BCUT2D eigenvalue weighted by Crippen LogP contribution is 2.31. The van der Waals surface area contributed by atoms with Gasteiger partial charge in [-0.1, -0.05) is 67.7 Å². The van der Waals surface area contributed by atoms with Crippen molar-refractivity contribution >= 4 is 29.6 Å². The van der Waals surface area contributed by atoms with E-state index in [-0.39, 0.29) is 24.9 Å². The van der Waals surface area contributed by atoms with Crippen LogP contribution in [0.3, 0.4) is 0 Å². The third-order valence-corrected chi connectivity index (χ3v) is 6.99. The topological polar surface area (TPSA) is 138 Å². The molecule has 0 saturated carbocycles. The molecule has 11 heteroatoms. The fourth-order valence-corrected chi connectivity index (χ4v) is 4.71. The Hall–Kier alpha value is -3.57. The summed E-state index contributed by atoms with van der Waals surface area (Å²) in [4.78, 5) is 39.5. The molecule has 1 saturated heterocycles. The molecule has 0 radical (unpaired) electrons. The molecule has 1 fully saturated rings. The van der Waals surface area contributed by atoms with Crippen LogP contribution in [0, 0.1) is 0 Å². The molecule has 0 aliphatic carbocycles. The van der Waals surface area contributed by atoms with Crippen LogP contribution in [0.15, 0.2) is 77.8 Å². The quantitative estimate of drug-likeness (QED) is 0.146. The highest BCUT2D eigenvalue weighted by atomic mass is 32.2. The zero-order chi connectivity index (χ0) is 30.3. The molecule has 2 rings (SSSR count). The summed E-state index contributed by atoms with van der Waals surface area (Å²) in [6.07, 6.45) is 29.0. The van der Waals surface area contributed by atoms with E-state index in [0.29, 0.717) is 18.7 Å². The van der Waals surface area contributed by atoms with Crippen molar-refractivity contribution in [1.29, 1.82) is 0 Å². The molecule has 2 unspecified atom stereocenters. The van der Waals surface area contributed by atoms with Gasteiger partial charge in [-0.05, 0) is 51.0 Å². The first-order valence-corrected chi connectivity index (χ1v) is 15.6. The number of nitrogens with one attached hydrogen (secondary N) is 2. The summed E-state index contributed by atoms with van der Waals surface area (Å²) in [5.41, 5.74) is 4.62. The Kier molecular flexibility index (Phi) is 18.2. The fourth-order valence-electron chi connectivity index (χ4n) is 3.72. The summed E-state index contributed by atoms with van der Waals surface area (Å²) < 4.78 is 12.3. The van der Waals surface area contributed by atoms with Gasteiger partial charge in [-0.2, -0.15) is 4.98 Å². The van der Waals surface area contributed by atoms with E-state index >= 15 is 0 Å². The Balaban J connectivity index is 1.42. The van der Waals surface area contributed by atoms with Gasteiger partial charge in [0.15, 0.2) is 0 Å². The van der Waals surface area contributed by atoms with Crippen LogP contribution in [0.5, 0.6) is 0 Å². The number of carbonyl (C=O) groups is 2. The van der Waals surface area contributed by atoms with Gasteiger partial charge in [-0.3, -0.25) is 9.36 Å². The van der Waals surface area contributed by atoms with Gasteiger partial charge in [0.25, 0.3) is 0 Å². The summed E-state index contributed by atoms with van der Waals surface area (Å²) in [6, 6.07) is 1.53. The second kappa shape index (κ2) is 22.1. The number of unbranched alkanes of at least 4 members (excludes halogenated alkanes) is 1. The molecule has 1 aromatic heterocycles. The Morgan fingerprint density at radius 1 is 1.02 bits per heavy atom. The average Bonchev–Trinajstić information content (AvgIpc) is 3.44. The largest absolute Gasteiger partial charge is 0.446 e. The molecular formula is C31H45N5O5S. The molecule has 10 nitrogen and oxygen atoms in total. The first-order chi connectivity index (χ1) is 20.5. The zero-order valence-corrected chi connectivity index (χ0v) is 25.3. The standard InChI is InChI=1S/C31H45N5O5S/c1-2-3-4-5-6-7-8-9-10-11-12-13-14-15-16-17-18-19-27(37)33-21-22-34-31(39)40-24-29-41-28(25-42-29)36-23-20-26(32)35-30(36)38/h3-4,6-7,9-10,12-13,15-16,20,23,28-29H,2,5,8,11,14,17-19,21-22,24-25H2,1H3,(H,33,37)(H,34,39)(H2,32,35,38). The van der Waals surface area contributed by atoms with Crippen LogP contribution in [0.25, 0.3) is 0 Å². The van der Waals surface area contributed by atoms with Gasteiger partial charge in [0.05, 0.1) is 0 Å². The van der Waals surface area contributed by atoms with Crippen LogP contribution >= 0.6 is 11.8 Å². The Morgan fingerprint density at radius 3 is 2.29 bits per heavy atom. The van der Waals surface area contributed by atoms with Crippen molar-refractivity contribution in [3.63, 3.8) is 0 Å². The van der Waals surface area contributed by atoms with Crippen molar-refractivity contribution in [2.24, 2.45) is 0 Å². The molecule has 0 spiro atoms. The predicted octanol–water partition coefficient (Wildman–Crippen LogP) is 5.18. The Bertz CT molecular complexity index is 1140. The maximum atomic E-state index is 12.0. The number of rotatable bonds is 19. The third kappa shape index (κ3) is 16.0. The predicted molar refractivity (Wildman–Crippen MR) is 170 cm³/mol. The summed E-state index contributed by atoms with van der Waals surface area (Å²) in [7, 11) is 0. The van der Waals surface area contributed by atoms with E-state index in [2.05, 4.69) is 83.3 Å². The maximum absolute atomic E-state index is 12.0. The van der Waals surface area contributed by atoms with Crippen LogP contribution in [-0.4, -0.2) is 52.4 Å². The molecule has 1 aliphatic rings. The van der Waals surface area contributed by atoms with Crippen molar-refractivity contribution in [2.75, 3.05) is 31.2 Å². The van der Waals surface area contributed by atoms with E-state index in [0.717, 1.165) is 44.9 Å². The monoisotopic (exact) mass is 599 g/mol. The van der Waals surface area contributed by atoms with Crippen LogP contribution < -0.4 is 22.1 Å². The second-order valence-electron chi connectivity index (χ2n) is 9.37. The van der Waals surface area contributed by atoms with Crippen molar-refractivity contribution in [3.8, 4) is 0 Å². The van der Waals surface area contributed by atoms with Crippen LogP contribution in [0.2, 0.25) is 0 Å². The van der Waals surface area contributed by atoms with Crippen LogP contribution in [-0.2, 0) is 14.3 Å². The van der Waals surface area contributed by atoms with Crippen molar-refractivity contribution in [3.05, 3.63) is 83.5 Å². The molecule has 2 atom stereocenters. The van der Waals surface area contributed by atoms with Crippen molar-refractivity contribution in [2.45, 2.75) is 70.0 Å². The highest BCUT2D eigenvalue weighted by Gasteiger charge is 2.29. The molecule has 230 valence electrons. The van der Waals surface area contributed by atoms with Crippen molar-refractivity contribution < 1.29 is 19.1 Å². The van der Waals surface area contributed by atoms with Gasteiger partial charge in [0.1, 0.15) is 24.1 Å². The minimum atomic E-state index is -0.596. The summed E-state index contributed by atoms with van der Waals surface area (Å²) in [6.45, 7) is 2.75. The molecule has 2 heterocycles. The minimum absolute atomic E-state index is 0.0340. The lowest BCUT2D eigenvalue weighted by molar-refractivity contribution is -0.121. The normalized spacial score (nSPS) is 17.4. The number of carbonyl (C=O) groups excluding carboxylic acids is 2. The van der Waals surface area contributed by atoms with E-state index in [9.17, 15) is 14.4 Å².